The number of aliphatic hydroxyl groups is 3. The third-order valence-corrected chi connectivity index (χ3v) is 4.49. The standard InChI is InChI=1S/C18H33NO5/c1-24-18-17(23)16(22)15(19-18)12-7-5-3-2-4-6-10-14(21)11-8-9-13-20/h16-18,20,22-23H,2-13H2,1H3. The van der Waals surface area contributed by atoms with Crippen molar-refractivity contribution in [1.82, 2.24) is 0 Å². The maximum absolute atomic E-state index is 11.6. The summed E-state index contributed by atoms with van der Waals surface area (Å²) >= 11 is 0. The second-order valence-corrected chi connectivity index (χ2v) is 6.52. The Labute approximate surface area is 144 Å². The number of aliphatic imine (C=N–C) groups is 1. The molecule has 3 atom stereocenters. The van der Waals surface area contributed by atoms with Crippen molar-refractivity contribution in [3.63, 3.8) is 0 Å². The van der Waals surface area contributed by atoms with E-state index in [-0.39, 0.29) is 6.61 Å². The summed E-state index contributed by atoms with van der Waals surface area (Å²) in [4.78, 5) is 15.8. The van der Waals surface area contributed by atoms with Crippen LogP contribution >= 0.6 is 0 Å². The number of aliphatic hydroxyl groups excluding tert-OH is 3. The minimum Gasteiger partial charge on any atom is -0.396 e. The minimum atomic E-state index is -0.945. The number of ether oxygens (including phenoxy) is 1. The highest BCUT2D eigenvalue weighted by Gasteiger charge is 2.35. The van der Waals surface area contributed by atoms with Gasteiger partial charge in [-0.1, -0.05) is 25.7 Å². The summed E-state index contributed by atoms with van der Waals surface area (Å²) in [6.45, 7) is 0.168. The molecule has 0 aromatic rings. The number of hydrogen-bond acceptors (Lipinski definition) is 6. The zero-order chi connectivity index (χ0) is 17.8. The van der Waals surface area contributed by atoms with Gasteiger partial charge in [-0.05, 0) is 32.1 Å². The lowest BCUT2D eigenvalue weighted by molar-refractivity contribution is -0.119. The quantitative estimate of drug-likeness (QED) is 0.419. The van der Waals surface area contributed by atoms with E-state index < -0.39 is 18.4 Å². The smallest absolute Gasteiger partial charge is 0.176 e. The van der Waals surface area contributed by atoms with Gasteiger partial charge < -0.3 is 20.1 Å². The summed E-state index contributed by atoms with van der Waals surface area (Å²) in [5.41, 5.74) is 0.642. The first-order valence-corrected chi connectivity index (χ1v) is 9.18. The Morgan fingerprint density at radius 2 is 1.58 bits per heavy atom. The van der Waals surface area contributed by atoms with E-state index in [9.17, 15) is 15.0 Å². The molecule has 0 saturated heterocycles. The molecule has 1 rings (SSSR count). The summed E-state index contributed by atoms with van der Waals surface area (Å²) in [5, 5.41) is 28.2. The maximum Gasteiger partial charge on any atom is 0.176 e. The molecule has 0 aliphatic carbocycles. The SMILES string of the molecule is COC1N=C(CCCCCCCCC(=O)CCCCO)C(O)C1O. The minimum absolute atomic E-state index is 0.168. The molecule has 6 heteroatoms. The molecule has 6 nitrogen and oxygen atoms in total. The van der Waals surface area contributed by atoms with Gasteiger partial charge in [-0.2, -0.15) is 0 Å². The number of Topliss-reactive ketones (excluding diaryl/α,β-unsaturated/α-hetero) is 1. The van der Waals surface area contributed by atoms with E-state index in [2.05, 4.69) is 4.99 Å². The monoisotopic (exact) mass is 343 g/mol. The lowest BCUT2D eigenvalue weighted by Crippen LogP contribution is -2.34. The second kappa shape index (κ2) is 12.5. The molecule has 1 aliphatic heterocycles. The summed E-state index contributed by atoms with van der Waals surface area (Å²) in [7, 11) is 1.48. The Morgan fingerprint density at radius 1 is 1.00 bits per heavy atom. The highest BCUT2D eigenvalue weighted by molar-refractivity contribution is 5.91. The lowest BCUT2D eigenvalue weighted by Gasteiger charge is -2.13. The van der Waals surface area contributed by atoms with Crippen LogP contribution in [0.1, 0.15) is 70.6 Å². The van der Waals surface area contributed by atoms with Crippen molar-refractivity contribution in [2.24, 2.45) is 4.99 Å². The van der Waals surface area contributed by atoms with Gasteiger partial charge in [0.2, 0.25) is 0 Å². The molecule has 0 saturated carbocycles. The molecule has 0 amide bonds. The van der Waals surface area contributed by atoms with Crippen LogP contribution in [0.5, 0.6) is 0 Å². The van der Waals surface area contributed by atoms with Crippen molar-refractivity contribution < 1.29 is 24.9 Å². The van der Waals surface area contributed by atoms with Gasteiger partial charge in [0.1, 0.15) is 18.0 Å². The Balaban J connectivity index is 1.97. The van der Waals surface area contributed by atoms with Crippen molar-refractivity contribution in [3.8, 4) is 0 Å². The van der Waals surface area contributed by atoms with Crippen LogP contribution in [0.4, 0.5) is 0 Å². The number of hydrogen-bond donors (Lipinski definition) is 3. The van der Waals surface area contributed by atoms with Gasteiger partial charge in [0.15, 0.2) is 6.23 Å². The molecule has 3 unspecified atom stereocenters. The van der Waals surface area contributed by atoms with Crippen LogP contribution in [0.3, 0.4) is 0 Å². The van der Waals surface area contributed by atoms with Crippen LogP contribution < -0.4 is 0 Å². The third kappa shape index (κ3) is 7.83. The largest absolute Gasteiger partial charge is 0.396 e. The highest BCUT2D eigenvalue weighted by atomic mass is 16.5. The van der Waals surface area contributed by atoms with E-state index in [1.165, 1.54) is 7.11 Å². The first-order chi connectivity index (χ1) is 11.6. The van der Waals surface area contributed by atoms with Gasteiger partial charge in [-0.15, -0.1) is 0 Å². The zero-order valence-corrected chi connectivity index (χ0v) is 14.8. The van der Waals surface area contributed by atoms with Crippen LogP contribution in [0.25, 0.3) is 0 Å². The fraction of sp³-hybridized carbons (Fsp3) is 0.889. The molecular weight excluding hydrogens is 310 g/mol. The van der Waals surface area contributed by atoms with Gasteiger partial charge in [0.25, 0.3) is 0 Å². The molecule has 0 fully saturated rings. The molecule has 0 radical (unpaired) electrons. The van der Waals surface area contributed by atoms with Gasteiger partial charge >= 0.3 is 0 Å². The first kappa shape index (κ1) is 21.2. The first-order valence-electron chi connectivity index (χ1n) is 9.18. The number of methoxy groups -OCH3 is 1. The van der Waals surface area contributed by atoms with Crippen molar-refractivity contribution in [2.45, 2.75) is 89.1 Å². The van der Waals surface area contributed by atoms with E-state index in [0.717, 1.165) is 44.9 Å². The average Bonchev–Trinajstić information content (AvgIpc) is 2.85. The molecule has 0 aromatic heterocycles. The summed E-state index contributed by atoms with van der Waals surface area (Å²) in [5.74, 6) is 0.308. The number of rotatable bonds is 14. The topological polar surface area (TPSA) is 99.4 Å². The molecule has 3 N–H and O–H groups in total. The van der Waals surface area contributed by atoms with E-state index >= 15 is 0 Å². The predicted octanol–water partition coefficient (Wildman–Crippen LogP) is 1.99. The van der Waals surface area contributed by atoms with Crippen molar-refractivity contribution in [2.75, 3.05) is 13.7 Å². The average molecular weight is 343 g/mol. The Kier molecular flexibility index (Phi) is 11.1. The Hall–Kier alpha value is -0.820. The van der Waals surface area contributed by atoms with E-state index in [4.69, 9.17) is 9.84 Å². The number of carbonyl (C=O) groups excluding carboxylic acids is 1. The third-order valence-electron chi connectivity index (χ3n) is 4.49. The molecule has 140 valence electrons. The molecule has 0 aromatic carbocycles. The van der Waals surface area contributed by atoms with E-state index in [0.29, 0.717) is 37.2 Å². The fourth-order valence-corrected chi connectivity index (χ4v) is 2.97. The van der Waals surface area contributed by atoms with Crippen LogP contribution in [-0.4, -0.2) is 59.0 Å². The lowest BCUT2D eigenvalue weighted by atomic mass is 10.0. The fourth-order valence-electron chi connectivity index (χ4n) is 2.97. The Bertz CT molecular complexity index is 386. The molecule has 0 spiro atoms. The number of ketones is 1. The van der Waals surface area contributed by atoms with Gasteiger partial charge in [0.05, 0.1) is 0 Å². The zero-order valence-electron chi connectivity index (χ0n) is 14.8. The normalized spacial score (nSPS) is 23.5. The molecule has 1 aliphatic rings. The van der Waals surface area contributed by atoms with E-state index in [1.807, 2.05) is 0 Å². The number of nitrogens with zero attached hydrogens (tertiary/aromatic N) is 1. The summed E-state index contributed by atoms with van der Waals surface area (Å²) in [6.07, 6.45) is 7.23. The molecule has 24 heavy (non-hydrogen) atoms. The Morgan fingerprint density at radius 3 is 2.17 bits per heavy atom. The van der Waals surface area contributed by atoms with Crippen LogP contribution in [0.2, 0.25) is 0 Å². The van der Waals surface area contributed by atoms with E-state index in [1.54, 1.807) is 0 Å². The van der Waals surface area contributed by atoms with Crippen molar-refractivity contribution in [1.29, 1.82) is 0 Å². The molecule has 1 heterocycles. The molecule has 0 bridgehead atoms. The summed E-state index contributed by atoms with van der Waals surface area (Å²) in [6, 6.07) is 0. The number of carbonyl (C=O) groups is 1. The number of unbranched alkanes of at least 4 members (excludes halogenated alkanes) is 6. The maximum atomic E-state index is 11.6. The van der Waals surface area contributed by atoms with Crippen molar-refractivity contribution >= 4 is 11.5 Å². The summed E-state index contributed by atoms with van der Waals surface area (Å²) < 4.78 is 5.01. The second-order valence-electron chi connectivity index (χ2n) is 6.52. The molecular formula is C18H33NO5. The van der Waals surface area contributed by atoms with Crippen LogP contribution in [-0.2, 0) is 9.53 Å². The van der Waals surface area contributed by atoms with Gasteiger partial charge in [0, 0.05) is 32.3 Å². The van der Waals surface area contributed by atoms with Crippen molar-refractivity contribution in [3.05, 3.63) is 0 Å². The van der Waals surface area contributed by atoms with Gasteiger partial charge in [-0.3, -0.25) is 9.79 Å². The predicted molar refractivity (Wildman–Crippen MR) is 93.1 cm³/mol. The van der Waals surface area contributed by atoms with Crippen LogP contribution in [0.15, 0.2) is 4.99 Å². The van der Waals surface area contributed by atoms with Gasteiger partial charge in [-0.25, -0.2) is 0 Å². The highest BCUT2D eigenvalue weighted by Crippen LogP contribution is 2.20. The van der Waals surface area contributed by atoms with Crippen LogP contribution in [0, 0.1) is 0 Å².